The minimum absolute atomic E-state index is 0.177. The highest BCUT2D eigenvalue weighted by atomic mass is 79.9. The Labute approximate surface area is 133 Å². The molecule has 1 atom stereocenters. The van der Waals surface area contributed by atoms with Gasteiger partial charge >= 0.3 is 0 Å². The van der Waals surface area contributed by atoms with Crippen molar-refractivity contribution >= 4 is 27.5 Å². The van der Waals surface area contributed by atoms with Crippen molar-refractivity contribution in [3.63, 3.8) is 0 Å². The number of aromatic nitrogens is 2. The molecule has 0 aliphatic rings. The van der Waals surface area contributed by atoms with E-state index in [0.717, 1.165) is 34.7 Å². The van der Waals surface area contributed by atoms with Crippen LogP contribution in [-0.4, -0.2) is 16.3 Å². The van der Waals surface area contributed by atoms with Gasteiger partial charge in [0.15, 0.2) is 0 Å². The van der Waals surface area contributed by atoms with Crippen molar-refractivity contribution in [2.45, 2.75) is 32.9 Å². The third-order valence-corrected chi connectivity index (χ3v) is 4.09. The fourth-order valence-electron chi connectivity index (χ4n) is 2.34. The van der Waals surface area contributed by atoms with Gasteiger partial charge in [-0.05, 0) is 37.6 Å². The van der Waals surface area contributed by atoms with Gasteiger partial charge in [-0.3, -0.25) is 4.68 Å². The van der Waals surface area contributed by atoms with E-state index < -0.39 is 0 Å². The molecule has 0 saturated heterocycles. The van der Waals surface area contributed by atoms with Crippen LogP contribution in [0.2, 0.25) is 5.02 Å². The summed E-state index contributed by atoms with van der Waals surface area (Å²) in [6.45, 7) is 5.90. The number of rotatable bonds is 6. The normalized spacial score (nSPS) is 12.6. The zero-order chi connectivity index (χ0) is 14.5. The molecule has 3 nitrogen and oxygen atoms in total. The highest BCUT2D eigenvalue weighted by Crippen LogP contribution is 2.26. The molecule has 0 aliphatic carbocycles. The van der Waals surface area contributed by atoms with Crippen LogP contribution in [0.25, 0.3) is 0 Å². The average Bonchev–Trinajstić information content (AvgIpc) is 2.82. The van der Waals surface area contributed by atoms with Crippen molar-refractivity contribution in [3.05, 3.63) is 51.2 Å². The summed E-state index contributed by atoms with van der Waals surface area (Å²) in [5.41, 5.74) is 2.35. The van der Waals surface area contributed by atoms with Crippen LogP contribution in [0.15, 0.2) is 34.9 Å². The molecule has 0 amide bonds. The quantitative estimate of drug-likeness (QED) is 0.840. The van der Waals surface area contributed by atoms with Gasteiger partial charge in [0.05, 0.1) is 23.0 Å². The maximum Gasteiger partial charge on any atom is 0.0834 e. The number of halogens is 2. The first-order valence-electron chi connectivity index (χ1n) is 6.84. The lowest BCUT2D eigenvalue weighted by Crippen LogP contribution is -2.26. The lowest BCUT2D eigenvalue weighted by molar-refractivity contribution is 0.490. The number of benzene rings is 1. The van der Waals surface area contributed by atoms with Crippen LogP contribution >= 0.6 is 27.5 Å². The molecule has 1 aromatic heterocycles. The summed E-state index contributed by atoms with van der Waals surface area (Å²) < 4.78 is 3.06. The molecule has 2 aromatic rings. The van der Waals surface area contributed by atoms with Crippen LogP contribution in [0.3, 0.4) is 0 Å². The van der Waals surface area contributed by atoms with Gasteiger partial charge in [-0.25, -0.2) is 0 Å². The zero-order valence-corrected chi connectivity index (χ0v) is 14.1. The van der Waals surface area contributed by atoms with Crippen LogP contribution in [0.5, 0.6) is 0 Å². The first kappa shape index (κ1) is 15.5. The summed E-state index contributed by atoms with van der Waals surface area (Å²) in [7, 11) is 0. The molecule has 1 heterocycles. The lowest BCUT2D eigenvalue weighted by Gasteiger charge is -2.20. The molecule has 0 spiro atoms. The topological polar surface area (TPSA) is 29.9 Å². The number of hydrogen-bond acceptors (Lipinski definition) is 2. The van der Waals surface area contributed by atoms with E-state index in [-0.39, 0.29) is 6.04 Å². The summed E-state index contributed by atoms with van der Waals surface area (Å²) in [6, 6.07) is 8.58. The summed E-state index contributed by atoms with van der Waals surface area (Å²) in [6.07, 6.45) is 2.62. The molecular formula is C15H19BrClN3. The lowest BCUT2D eigenvalue weighted by atomic mass is 10.0. The fraction of sp³-hybridized carbons (Fsp3) is 0.400. The van der Waals surface area contributed by atoms with Gasteiger partial charge in [-0.2, -0.15) is 5.10 Å². The minimum Gasteiger partial charge on any atom is -0.309 e. The third kappa shape index (κ3) is 3.62. The Morgan fingerprint density at radius 3 is 2.60 bits per heavy atom. The molecule has 1 unspecified atom stereocenters. The smallest absolute Gasteiger partial charge is 0.0834 e. The molecule has 0 bridgehead atoms. The Morgan fingerprint density at radius 2 is 2.00 bits per heavy atom. The fourth-order valence-corrected chi connectivity index (χ4v) is 2.88. The monoisotopic (exact) mass is 355 g/mol. The van der Waals surface area contributed by atoms with E-state index in [1.54, 1.807) is 6.20 Å². The van der Waals surface area contributed by atoms with Crippen LogP contribution in [0, 0.1) is 0 Å². The minimum atomic E-state index is 0.177. The SMILES string of the molecule is CCNC(Cc1ccc(Br)cc1)c1c(Cl)cnn1CC. The van der Waals surface area contributed by atoms with Gasteiger partial charge in [0.25, 0.3) is 0 Å². The van der Waals surface area contributed by atoms with Crippen LogP contribution in [-0.2, 0) is 13.0 Å². The second kappa shape index (κ2) is 7.25. The van der Waals surface area contributed by atoms with Crippen molar-refractivity contribution in [2.24, 2.45) is 0 Å². The van der Waals surface area contributed by atoms with E-state index >= 15 is 0 Å². The van der Waals surface area contributed by atoms with E-state index in [0.29, 0.717) is 0 Å². The van der Waals surface area contributed by atoms with E-state index in [1.165, 1.54) is 5.56 Å². The number of aryl methyl sites for hydroxylation is 1. The van der Waals surface area contributed by atoms with Crippen LogP contribution in [0.4, 0.5) is 0 Å². The van der Waals surface area contributed by atoms with Gasteiger partial charge in [0.1, 0.15) is 0 Å². The van der Waals surface area contributed by atoms with Crippen molar-refractivity contribution in [2.75, 3.05) is 6.54 Å². The third-order valence-electron chi connectivity index (χ3n) is 3.27. The molecule has 5 heteroatoms. The zero-order valence-electron chi connectivity index (χ0n) is 11.7. The first-order valence-corrected chi connectivity index (χ1v) is 8.01. The predicted octanol–water partition coefficient (Wildman–Crippen LogP) is 4.21. The van der Waals surface area contributed by atoms with E-state index in [1.807, 2.05) is 4.68 Å². The van der Waals surface area contributed by atoms with E-state index in [2.05, 4.69) is 64.5 Å². The Balaban J connectivity index is 2.26. The van der Waals surface area contributed by atoms with Crippen molar-refractivity contribution in [1.82, 2.24) is 15.1 Å². The molecule has 108 valence electrons. The summed E-state index contributed by atoms with van der Waals surface area (Å²) >= 11 is 9.78. The van der Waals surface area contributed by atoms with Crippen molar-refractivity contribution in [3.8, 4) is 0 Å². The van der Waals surface area contributed by atoms with Gasteiger partial charge in [-0.1, -0.05) is 46.6 Å². The van der Waals surface area contributed by atoms with Gasteiger partial charge in [-0.15, -0.1) is 0 Å². The largest absolute Gasteiger partial charge is 0.309 e. The van der Waals surface area contributed by atoms with Crippen molar-refractivity contribution in [1.29, 1.82) is 0 Å². The Kier molecular flexibility index (Phi) is 5.64. The second-order valence-electron chi connectivity index (χ2n) is 4.63. The molecule has 0 fully saturated rings. The summed E-state index contributed by atoms with van der Waals surface area (Å²) in [4.78, 5) is 0. The van der Waals surface area contributed by atoms with Gasteiger partial charge in [0.2, 0.25) is 0 Å². The maximum atomic E-state index is 6.31. The van der Waals surface area contributed by atoms with Crippen molar-refractivity contribution < 1.29 is 0 Å². The first-order chi connectivity index (χ1) is 9.65. The molecule has 2 rings (SSSR count). The van der Waals surface area contributed by atoms with Crippen LogP contribution < -0.4 is 5.32 Å². The maximum absolute atomic E-state index is 6.31. The second-order valence-corrected chi connectivity index (χ2v) is 5.96. The molecule has 1 N–H and O–H groups in total. The molecule has 0 aliphatic heterocycles. The van der Waals surface area contributed by atoms with E-state index in [9.17, 15) is 0 Å². The number of likely N-dealkylation sites (N-methyl/N-ethyl adjacent to an activating group) is 1. The molecule has 1 aromatic carbocycles. The predicted molar refractivity (Wildman–Crippen MR) is 87.2 cm³/mol. The van der Waals surface area contributed by atoms with Crippen LogP contribution in [0.1, 0.15) is 31.1 Å². The summed E-state index contributed by atoms with van der Waals surface area (Å²) in [5, 5.41) is 8.57. The highest BCUT2D eigenvalue weighted by Gasteiger charge is 2.19. The molecule has 0 saturated carbocycles. The molecular weight excluding hydrogens is 338 g/mol. The Hall–Kier alpha value is -0.840. The number of nitrogens with one attached hydrogen (secondary N) is 1. The summed E-state index contributed by atoms with van der Waals surface area (Å²) in [5.74, 6) is 0. The number of nitrogens with zero attached hydrogens (tertiary/aromatic N) is 2. The standard InChI is InChI=1S/C15H19BrClN3/c1-3-18-14(9-11-5-7-12(16)8-6-11)15-13(17)10-19-20(15)4-2/h5-8,10,14,18H,3-4,9H2,1-2H3. The number of hydrogen-bond donors (Lipinski definition) is 1. The average molecular weight is 357 g/mol. The Bertz CT molecular complexity index is 551. The molecule has 20 heavy (non-hydrogen) atoms. The van der Waals surface area contributed by atoms with E-state index in [4.69, 9.17) is 11.6 Å². The molecule has 0 radical (unpaired) electrons. The highest BCUT2D eigenvalue weighted by molar-refractivity contribution is 9.10. The Morgan fingerprint density at radius 1 is 1.30 bits per heavy atom. The van der Waals surface area contributed by atoms with Gasteiger partial charge in [0, 0.05) is 11.0 Å². The van der Waals surface area contributed by atoms with Gasteiger partial charge < -0.3 is 5.32 Å².